The number of amides is 1. The molecule has 0 N–H and O–H groups in total. The molecule has 0 bridgehead atoms. The predicted octanol–water partition coefficient (Wildman–Crippen LogP) is 4.44. The second kappa shape index (κ2) is 7.53. The number of likely N-dealkylation sites (tertiary alicyclic amines) is 1. The summed E-state index contributed by atoms with van der Waals surface area (Å²) in [7, 11) is 0. The van der Waals surface area contributed by atoms with Crippen LogP contribution in [0.2, 0.25) is 0 Å². The number of hydrogen-bond donors (Lipinski definition) is 0. The molecule has 1 spiro atoms. The van der Waals surface area contributed by atoms with Gasteiger partial charge in [-0.05, 0) is 79.8 Å². The molecule has 4 nitrogen and oxygen atoms in total. The van der Waals surface area contributed by atoms with Crippen LogP contribution >= 0.6 is 11.3 Å². The molecule has 1 aromatic heterocycles. The van der Waals surface area contributed by atoms with Gasteiger partial charge in [0.05, 0.1) is 6.61 Å². The van der Waals surface area contributed by atoms with Crippen molar-refractivity contribution in [1.82, 2.24) is 4.90 Å². The van der Waals surface area contributed by atoms with Gasteiger partial charge in [0.2, 0.25) is 0 Å². The van der Waals surface area contributed by atoms with Crippen molar-refractivity contribution >= 4 is 22.9 Å². The summed E-state index contributed by atoms with van der Waals surface area (Å²) in [4.78, 5) is 18.9. The SMILES string of the molecule is O=C(c1ccc(N2CCCCC2)cc1)N1CCC2(CC1)OCCc1ccsc12. The molecule has 3 aliphatic heterocycles. The molecule has 148 valence electrons. The molecule has 3 aliphatic rings. The number of hydrogen-bond acceptors (Lipinski definition) is 4. The van der Waals surface area contributed by atoms with E-state index in [9.17, 15) is 4.79 Å². The van der Waals surface area contributed by atoms with Crippen LogP contribution in [0.4, 0.5) is 5.69 Å². The molecule has 1 amide bonds. The van der Waals surface area contributed by atoms with Gasteiger partial charge in [-0.2, -0.15) is 0 Å². The third kappa shape index (κ3) is 3.25. The Morgan fingerprint density at radius 2 is 1.71 bits per heavy atom. The van der Waals surface area contributed by atoms with Crippen molar-refractivity contribution < 1.29 is 9.53 Å². The van der Waals surface area contributed by atoms with E-state index in [-0.39, 0.29) is 11.5 Å². The van der Waals surface area contributed by atoms with Crippen LogP contribution in [0.5, 0.6) is 0 Å². The highest BCUT2D eigenvalue weighted by molar-refractivity contribution is 7.10. The number of benzene rings is 1. The maximum absolute atomic E-state index is 13.0. The van der Waals surface area contributed by atoms with Gasteiger partial charge in [-0.15, -0.1) is 11.3 Å². The van der Waals surface area contributed by atoms with Crippen molar-refractivity contribution in [3.05, 3.63) is 51.7 Å². The van der Waals surface area contributed by atoms with E-state index in [0.29, 0.717) is 0 Å². The van der Waals surface area contributed by atoms with E-state index in [1.165, 1.54) is 35.4 Å². The number of anilines is 1. The fourth-order valence-electron chi connectivity index (χ4n) is 4.95. The summed E-state index contributed by atoms with van der Waals surface area (Å²) in [5.41, 5.74) is 3.34. The number of thiophene rings is 1. The summed E-state index contributed by atoms with van der Waals surface area (Å²) in [6.07, 6.45) is 6.69. The van der Waals surface area contributed by atoms with Gasteiger partial charge in [0, 0.05) is 42.3 Å². The number of piperidine rings is 2. The Kier molecular flexibility index (Phi) is 4.89. The first-order chi connectivity index (χ1) is 13.8. The van der Waals surface area contributed by atoms with Gasteiger partial charge in [0.25, 0.3) is 5.91 Å². The minimum atomic E-state index is -0.156. The molecular weight excluding hydrogens is 368 g/mol. The van der Waals surface area contributed by atoms with Crippen LogP contribution in [0.15, 0.2) is 35.7 Å². The molecule has 2 aromatic rings. The Labute approximate surface area is 171 Å². The molecule has 0 radical (unpaired) electrons. The van der Waals surface area contributed by atoms with E-state index in [1.54, 1.807) is 0 Å². The van der Waals surface area contributed by atoms with E-state index in [0.717, 1.165) is 57.6 Å². The van der Waals surface area contributed by atoms with Gasteiger partial charge in [-0.25, -0.2) is 0 Å². The third-order valence-electron chi connectivity index (χ3n) is 6.60. The standard InChI is InChI=1S/C23H28N2O2S/c26-22(19-4-6-20(7-5-19)24-12-2-1-3-13-24)25-14-10-23(11-15-25)21-18(8-16-27-23)9-17-28-21/h4-7,9,17H,1-3,8,10-16H2. The second-order valence-electron chi connectivity index (χ2n) is 8.25. The lowest BCUT2D eigenvalue weighted by Gasteiger charge is -2.43. The second-order valence-corrected chi connectivity index (χ2v) is 9.17. The minimum Gasteiger partial charge on any atom is -0.372 e. The Hall–Kier alpha value is -1.85. The van der Waals surface area contributed by atoms with E-state index < -0.39 is 0 Å². The fraction of sp³-hybridized carbons (Fsp3) is 0.522. The summed E-state index contributed by atoms with van der Waals surface area (Å²) in [6, 6.07) is 10.5. The summed E-state index contributed by atoms with van der Waals surface area (Å²) in [5.74, 6) is 0.155. The zero-order valence-corrected chi connectivity index (χ0v) is 17.2. The highest BCUT2D eigenvalue weighted by Gasteiger charge is 2.42. The lowest BCUT2D eigenvalue weighted by Crippen LogP contribution is -2.47. The first-order valence-electron chi connectivity index (χ1n) is 10.6. The molecular formula is C23H28N2O2S. The molecule has 0 saturated carbocycles. The highest BCUT2D eigenvalue weighted by Crippen LogP contribution is 2.44. The smallest absolute Gasteiger partial charge is 0.253 e. The van der Waals surface area contributed by atoms with E-state index in [1.807, 2.05) is 28.4 Å². The number of carbonyl (C=O) groups is 1. The molecule has 1 aromatic carbocycles. The molecule has 2 fully saturated rings. The highest BCUT2D eigenvalue weighted by atomic mass is 32.1. The Balaban J connectivity index is 1.25. The van der Waals surface area contributed by atoms with Crippen molar-refractivity contribution in [1.29, 1.82) is 0 Å². The molecule has 0 atom stereocenters. The Morgan fingerprint density at radius 3 is 2.46 bits per heavy atom. The van der Waals surface area contributed by atoms with Crippen molar-refractivity contribution in [2.75, 3.05) is 37.7 Å². The van der Waals surface area contributed by atoms with E-state index >= 15 is 0 Å². The number of rotatable bonds is 2. The lowest BCUT2D eigenvalue weighted by atomic mass is 9.85. The average molecular weight is 397 g/mol. The molecule has 2 saturated heterocycles. The number of carbonyl (C=O) groups excluding carboxylic acids is 1. The Morgan fingerprint density at radius 1 is 0.964 bits per heavy atom. The summed E-state index contributed by atoms with van der Waals surface area (Å²) < 4.78 is 6.27. The van der Waals surface area contributed by atoms with Crippen molar-refractivity contribution in [2.24, 2.45) is 0 Å². The maximum atomic E-state index is 13.0. The van der Waals surface area contributed by atoms with Crippen molar-refractivity contribution in [2.45, 2.75) is 44.1 Å². The Bertz CT molecular complexity index is 831. The molecule has 0 unspecified atom stereocenters. The zero-order chi connectivity index (χ0) is 19.0. The first kappa shape index (κ1) is 18.2. The van der Waals surface area contributed by atoms with Crippen LogP contribution in [0.25, 0.3) is 0 Å². The lowest BCUT2D eigenvalue weighted by molar-refractivity contribution is -0.0906. The quantitative estimate of drug-likeness (QED) is 0.752. The maximum Gasteiger partial charge on any atom is 0.253 e. The normalized spacial score (nSPS) is 21.6. The fourth-order valence-corrected chi connectivity index (χ4v) is 6.11. The van der Waals surface area contributed by atoms with Crippen LogP contribution in [0, 0.1) is 0 Å². The topological polar surface area (TPSA) is 32.8 Å². The summed E-state index contributed by atoms with van der Waals surface area (Å²) in [6.45, 7) is 4.60. The van der Waals surface area contributed by atoms with Gasteiger partial charge >= 0.3 is 0 Å². The number of ether oxygens (including phenoxy) is 1. The van der Waals surface area contributed by atoms with Gasteiger partial charge in [-0.1, -0.05) is 0 Å². The van der Waals surface area contributed by atoms with Crippen molar-refractivity contribution in [3.63, 3.8) is 0 Å². The average Bonchev–Trinajstić information content (AvgIpc) is 3.25. The van der Waals surface area contributed by atoms with Crippen LogP contribution in [0.3, 0.4) is 0 Å². The van der Waals surface area contributed by atoms with Crippen LogP contribution in [0.1, 0.15) is 52.9 Å². The van der Waals surface area contributed by atoms with Crippen molar-refractivity contribution in [3.8, 4) is 0 Å². The van der Waals surface area contributed by atoms with Gasteiger partial charge in [0.1, 0.15) is 5.60 Å². The van der Waals surface area contributed by atoms with Crippen LogP contribution in [-0.4, -0.2) is 43.6 Å². The van der Waals surface area contributed by atoms with Gasteiger partial charge < -0.3 is 14.5 Å². The summed E-state index contributed by atoms with van der Waals surface area (Å²) in [5, 5.41) is 2.18. The van der Waals surface area contributed by atoms with E-state index in [4.69, 9.17) is 4.74 Å². The monoisotopic (exact) mass is 396 g/mol. The third-order valence-corrected chi connectivity index (χ3v) is 7.75. The molecule has 0 aliphatic carbocycles. The summed E-state index contributed by atoms with van der Waals surface area (Å²) >= 11 is 1.82. The van der Waals surface area contributed by atoms with E-state index in [2.05, 4.69) is 28.5 Å². The molecule has 5 heteroatoms. The van der Waals surface area contributed by atoms with Gasteiger partial charge in [0.15, 0.2) is 0 Å². The predicted molar refractivity (Wildman–Crippen MR) is 113 cm³/mol. The number of fused-ring (bicyclic) bond motifs is 2. The zero-order valence-electron chi connectivity index (χ0n) is 16.4. The molecule has 4 heterocycles. The first-order valence-corrected chi connectivity index (χ1v) is 11.5. The largest absolute Gasteiger partial charge is 0.372 e. The van der Waals surface area contributed by atoms with Crippen LogP contribution in [-0.2, 0) is 16.8 Å². The minimum absolute atomic E-state index is 0.155. The molecule has 28 heavy (non-hydrogen) atoms. The number of nitrogens with zero attached hydrogens (tertiary/aromatic N) is 2. The molecule has 5 rings (SSSR count). The van der Waals surface area contributed by atoms with Crippen LogP contribution < -0.4 is 4.90 Å². The van der Waals surface area contributed by atoms with Gasteiger partial charge in [-0.3, -0.25) is 4.79 Å².